The molecule has 4 rings (SSSR count). The van der Waals surface area contributed by atoms with Crippen LogP contribution in [-0.2, 0) is 0 Å². The molecule has 0 saturated carbocycles. The third-order valence-corrected chi connectivity index (χ3v) is 5.95. The lowest BCUT2D eigenvalue weighted by Crippen LogP contribution is -2.13. The molecule has 0 atom stereocenters. The van der Waals surface area contributed by atoms with E-state index < -0.39 is 0 Å². The van der Waals surface area contributed by atoms with Crippen LogP contribution in [0, 0.1) is 6.92 Å². The molecular weight excluding hydrogens is 420 g/mol. The maximum absolute atomic E-state index is 5.64. The minimum atomic E-state index is 0.543. The summed E-state index contributed by atoms with van der Waals surface area (Å²) in [5, 5.41) is 8.04. The van der Waals surface area contributed by atoms with Crippen LogP contribution in [0.5, 0.6) is 11.5 Å². The van der Waals surface area contributed by atoms with Crippen LogP contribution in [0.2, 0.25) is 0 Å². The topological polar surface area (TPSA) is 63.9 Å². The van der Waals surface area contributed by atoms with E-state index in [9.17, 15) is 0 Å². The highest BCUT2D eigenvalue weighted by molar-refractivity contribution is 7.07. The first kappa shape index (κ1) is 21.6. The number of methoxy groups -OCH3 is 2. The monoisotopic (exact) mass is 446 g/mol. The lowest BCUT2D eigenvalue weighted by molar-refractivity contribution is 0.395. The molecule has 0 aliphatic rings. The number of hydrogen-bond donors (Lipinski definition) is 1. The summed E-state index contributed by atoms with van der Waals surface area (Å²) in [7, 11) is 3.29. The van der Waals surface area contributed by atoms with Crippen LogP contribution in [0.3, 0.4) is 0 Å². The molecule has 0 amide bonds. The van der Waals surface area contributed by atoms with Crippen molar-refractivity contribution in [3.63, 3.8) is 0 Å². The van der Waals surface area contributed by atoms with E-state index in [2.05, 4.69) is 30.6 Å². The van der Waals surface area contributed by atoms with E-state index in [-0.39, 0.29) is 0 Å². The Morgan fingerprint density at radius 2 is 2.00 bits per heavy atom. The number of hydrogen-bond acceptors (Lipinski definition) is 5. The van der Waals surface area contributed by atoms with E-state index in [1.807, 2.05) is 53.5 Å². The van der Waals surface area contributed by atoms with Crippen LogP contribution in [0.15, 0.2) is 70.1 Å². The predicted octanol–water partition coefficient (Wildman–Crippen LogP) is 5.38. The summed E-state index contributed by atoms with van der Waals surface area (Å²) >= 11 is 1.53. The molecule has 6 nitrogen and oxygen atoms in total. The first-order valence-corrected chi connectivity index (χ1v) is 11.1. The molecule has 0 radical (unpaired) electrons. The lowest BCUT2D eigenvalue weighted by Gasteiger charge is -2.11. The number of benzene rings is 2. The third-order valence-electron chi connectivity index (χ3n) is 5.10. The molecule has 1 N–H and O–H groups in total. The average Bonchev–Trinajstić information content (AvgIpc) is 3.35. The molecule has 0 saturated heterocycles. The number of ether oxygens (including phenoxy) is 2. The highest BCUT2D eigenvalue weighted by atomic mass is 32.1. The number of aromatic amines is 1. The van der Waals surface area contributed by atoms with Gasteiger partial charge < -0.3 is 14.5 Å². The van der Waals surface area contributed by atoms with Crippen LogP contribution in [0.1, 0.15) is 18.2 Å². The van der Waals surface area contributed by atoms with E-state index in [0.29, 0.717) is 12.3 Å². The van der Waals surface area contributed by atoms with E-state index in [4.69, 9.17) is 19.6 Å². The molecule has 7 heteroatoms. The average molecular weight is 447 g/mol. The van der Waals surface area contributed by atoms with Gasteiger partial charge in [-0.1, -0.05) is 30.4 Å². The number of nitrogens with one attached hydrogen (secondary N) is 1. The second-order valence-corrected chi connectivity index (χ2v) is 8.35. The second-order valence-electron chi connectivity index (χ2n) is 7.51. The zero-order valence-electron chi connectivity index (χ0n) is 18.7. The number of fused-ring (bicyclic) bond motifs is 1. The molecule has 0 spiro atoms. The maximum atomic E-state index is 5.64. The normalized spacial score (nSPS) is 12.1. The van der Waals surface area contributed by atoms with Gasteiger partial charge in [0.2, 0.25) is 4.80 Å². The van der Waals surface area contributed by atoms with E-state index in [0.717, 1.165) is 49.5 Å². The number of aromatic nitrogens is 2. The van der Waals surface area contributed by atoms with Gasteiger partial charge >= 0.3 is 0 Å². The van der Waals surface area contributed by atoms with Crippen LogP contribution < -0.4 is 14.3 Å². The fraction of sp³-hybridized carbons (Fsp3) is 0.200. The van der Waals surface area contributed by atoms with Crippen molar-refractivity contribution in [1.82, 2.24) is 9.66 Å². The highest BCUT2D eigenvalue weighted by Gasteiger charge is 2.14. The van der Waals surface area contributed by atoms with Crippen LogP contribution in [-0.4, -0.2) is 36.6 Å². The molecule has 0 unspecified atom stereocenters. The summed E-state index contributed by atoms with van der Waals surface area (Å²) in [5.74, 6) is 1.44. The Kier molecular flexibility index (Phi) is 6.28. The Morgan fingerprint density at radius 3 is 2.75 bits per heavy atom. The smallest absolute Gasteiger partial charge is 0.206 e. The molecule has 2 aromatic heterocycles. The molecule has 2 aromatic carbocycles. The van der Waals surface area contributed by atoms with Crippen molar-refractivity contribution in [2.45, 2.75) is 13.8 Å². The zero-order valence-corrected chi connectivity index (χ0v) is 19.5. The zero-order chi connectivity index (χ0) is 22.7. The van der Waals surface area contributed by atoms with Crippen LogP contribution >= 0.6 is 11.3 Å². The van der Waals surface area contributed by atoms with Gasteiger partial charge in [0.1, 0.15) is 11.5 Å². The number of H-pyrrole nitrogens is 1. The van der Waals surface area contributed by atoms with Crippen molar-refractivity contribution >= 4 is 28.5 Å². The lowest BCUT2D eigenvalue weighted by atomic mass is 10.1. The number of nitrogens with zero attached hydrogens (tertiary/aromatic N) is 3. The molecular formula is C25H26N4O2S. The fourth-order valence-corrected chi connectivity index (χ4v) is 4.33. The SMILES string of the molecule is C=C(C)CN=c1scc(-c2ccc(OC)cc2OC)n1N=Cc1c(C)[nH]c2ccccc12. The van der Waals surface area contributed by atoms with Gasteiger partial charge in [0.15, 0.2) is 0 Å². The molecule has 2 heterocycles. The number of aryl methyl sites for hydroxylation is 1. The van der Waals surface area contributed by atoms with Crippen molar-refractivity contribution in [3.8, 4) is 22.8 Å². The van der Waals surface area contributed by atoms with Crippen molar-refractivity contribution in [2.75, 3.05) is 20.8 Å². The minimum Gasteiger partial charge on any atom is -0.497 e. The van der Waals surface area contributed by atoms with Gasteiger partial charge in [-0.05, 0) is 32.0 Å². The van der Waals surface area contributed by atoms with Gasteiger partial charge in [-0.15, -0.1) is 11.3 Å². The predicted molar refractivity (Wildman–Crippen MR) is 132 cm³/mol. The Balaban J connectivity index is 1.87. The number of para-hydroxylation sites is 1. The highest BCUT2D eigenvalue weighted by Crippen LogP contribution is 2.33. The standard InChI is InChI=1S/C25H26N4O2S/c1-16(2)13-26-25-29(27-14-21-17(3)28-22-9-7-6-8-19(21)22)23(15-32-25)20-11-10-18(30-4)12-24(20)31-5/h6-12,14-15,28H,1,13H2,2-5H3. The summed E-state index contributed by atoms with van der Waals surface area (Å²) in [4.78, 5) is 8.93. The number of rotatable bonds is 7. The Bertz CT molecular complexity index is 1370. The first-order valence-electron chi connectivity index (χ1n) is 10.2. The summed E-state index contributed by atoms with van der Waals surface area (Å²) < 4.78 is 12.9. The van der Waals surface area contributed by atoms with Gasteiger partial charge in [0.05, 0.1) is 32.7 Å². The number of thiazole rings is 1. The molecule has 0 fully saturated rings. The Hall–Kier alpha value is -3.58. The van der Waals surface area contributed by atoms with Gasteiger partial charge in [-0.3, -0.25) is 4.99 Å². The third kappa shape index (κ3) is 4.24. The first-order chi connectivity index (χ1) is 15.5. The van der Waals surface area contributed by atoms with Crippen molar-refractivity contribution in [2.24, 2.45) is 10.1 Å². The molecule has 0 bridgehead atoms. The van der Waals surface area contributed by atoms with Crippen LogP contribution in [0.4, 0.5) is 0 Å². The largest absolute Gasteiger partial charge is 0.497 e. The Morgan fingerprint density at radius 1 is 1.19 bits per heavy atom. The van der Waals surface area contributed by atoms with E-state index in [1.165, 1.54) is 11.3 Å². The molecule has 32 heavy (non-hydrogen) atoms. The van der Waals surface area contributed by atoms with Crippen molar-refractivity contribution in [3.05, 3.63) is 76.1 Å². The maximum Gasteiger partial charge on any atom is 0.206 e. The fourth-order valence-electron chi connectivity index (χ4n) is 3.50. The minimum absolute atomic E-state index is 0.543. The summed E-state index contributed by atoms with van der Waals surface area (Å²) in [5.41, 5.74) is 6.00. The molecule has 0 aliphatic heterocycles. The van der Waals surface area contributed by atoms with Gasteiger partial charge in [-0.2, -0.15) is 5.10 Å². The van der Waals surface area contributed by atoms with Crippen LogP contribution in [0.25, 0.3) is 22.2 Å². The van der Waals surface area contributed by atoms with Gasteiger partial charge in [0.25, 0.3) is 0 Å². The second kappa shape index (κ2) is 9.28. The quantitative estimate of drug-likeness (QED) is 0.306. The van der Waals surface area contributed by atoms with Gasteiger partial charge in [0, 0.05) is 39.2 Å². The van der Waals surface area contributed by atoms with E-state index in [1.54, 1.807) is 14.2 Å². The molecule has 4 aromatic rings. The van der Waals surface area contributed by atoms with Crippen molar-refractivity contribution in [1.29, 1.82) is 0 Å². The van der Waals surface area contributed by atoms with Gasteiger partial charge in [-0.25, -0.2) is 4.68 Å². The summed E-state index contributed by atoms with van der Waals surface area (Å²) in [6.07, 6.45) is 1.89. The molecule has 164 valence electrons. The Labute approximate surface area is 191 Å². The summed E-state index contributed by atoms with van der Waals surface area (Å²) in [6, 6.07) is 14.0. The van der Waals surface area contributed by atoms with Crippen molar-refractivity contribution < 1.29 is 9.47 Å². The summed E-state index contributed by atoms with van der Waals surface area (Å²) in [6.45, 7) is 8.53. The van der Waals surface area contributed by atoms with E-state index >= 15 is 0 Å². The molecule has 0 aliphatic carbocycles.